The summed E-state index contributed by atoms with van der Waals surface area (Å²) in [6.45, 7) is 1.88. The van der Waals surface area contributed by atoms with E-state index in [-0.39, 0.29) is 5.82 Å². The first-order valence-electron chi connectivity index (χ1n) is 5.13. The summed E-state index contributed by atoms with van der Waals surface area (Å²) in [6.07, 6.45) is 0.813. The normalized spacial score (nSPS) is 12.5. The summed E-state index contributed by atoms with van der Waals surface area (Å²) in [5, 5.41) is 10.2. The fraction of sp³-hybridized carbons (Fsp3) is 0.154. The predicted octanol–water partition coefficient (Wildman–Crippen LogP) is 3.37. The number of rotatable bonds is 2. The Labute approximate surface area is 107 Å². The quantitative estimate of drug-likeness (QED) is 0.921. The molecule has 4 heteroatoms. The number of aryl methyl sites for hydroxylation is 1. The number of benzene rings is 1. The molecule has 1 atom stereocenters. The third kappa shape index (κ3) is 2.70. The van der Waals surface area contributed by atoms with Crippen molar-refractivity contribution in [3.63, 3.8) is 0 Å². The van der Waals surface area contributed by atoms with E-state index >= 15 is 0 Å². The second-order valence-corrected chi connectivity index (χ2v) is 4.66. The van der Waals surface area contributed by atoms with Crippen LogP contribution in [-0.2, 0) is 0 Å². The van der Waals surface area contributed by atoms with Gasteiger partial charge in [0.2, 0.25) is 0 Å². The van der Waals surface area contributed by atoms with Gasteiger partial charge < -0.3 is 5.11 Å². The van der Waals surface area contributed by atoms with Crippen molar-refractivity contribution in [3.05, 3.63) is 63.6 Å². The average molecular weight is 296 g/mol. The number of pyridine rings is 1. The molecule has 1 aromatic carbocycles. The standard InChI is InChI=1S/C13H11BrFNO/c1-8-2-3-9(7-16-8)13(17)11-5-4-10(15)6-12(11)14/h2-7,13,17H,1H3. The molecule has 1 N–H and O–H groups in total. The van der Waals surface area contributed by atoms with Gasteiger partial charge >= 0.3 is 0 Å². The maximum Gasteiger partial charge on any atom is 0.124 e. The van der Waals surface area contributed by atoms with Crippen LogP contribution in [-0.4, -0.2) is 10.1 Å². The van der Waals surface area contributed by atoms with Gasteiger partial charge in [0.05, 0.1) is 0 Å². The molecule has 0 aliphatic carbocycles. The third-order valence-corrected chi connectivity index (χ3v) is 3.19. The maximum atomic E-state index is 12.9. The van der Waals surface area contributed by atoms with E-state index in [9.17, 15) is 9.50 Å². The molecule has 0 amide bonds. The summed E-state index contributed by atoms with van der Waals surface area (Å²) in [5.41, 5.74) is 2.19. The molecule has 0 spiro atoms. The molecule has 1 heterocycles. The smallest absolute Gasteiger partial charge is 0.124 e. The van der Waals surface area contributed by atoms with Crippen LogP contribution in [0.4, 0.5) is 4.39 Å². The van der Waals surface area contributed by atoms with Crippen molar-refractivity contribution in [1.29, 1.82) is 0 Å². The van der Waals surface area contributed by atoms with Crippen LogP contribution in [0.25, 0.3) is 0 Å². The van der Waals surface area contributed by atoms with Crippen molar-refractivity contribution in [1.82, 2.24) is 4.98 Å². The van der Waals surface area contributed by atoms with E-state index in [0.717, 1.165) is 5.69 Å². The second kappa shape index (κ2) is 4.94. The van der Waals surface area contributed by atoms with Crippen molar-refractivity contribution in [3.8, 4) is 0 Å². The molecule has 0 radical (unpaired) electrons. The molecular formula is C13H11BrFNO. The highest BCUT2D eigenvalue weighted by molar-refractivity contribution is 9.10. The number of aromatic nitrogens is 1. The van der Waals surface area contributed by atoms with Gasteiger partial charge in [0, 0.05) is 21.9 Å². The molecule has 0 aliphatic heterocycles. The second-order valence-electron chi connectivity index (χ2n) is 3.80. The highest BCUT2D eigenvalue weighted by atomic mass is 79.9. The zero-order valence-corrected chi connectivity index (χ0v) is 10.8. The van der Waals surface area contributed by atoms with Crippen molar-refractivity contribution in [2.24, 2.45) is 0 Å². The van der Waals surface area contributed by atoms with Crippen molar-refractivity contribution >= 4 is 15.9 Å². The third-order valence-electron chi connectivity index (χ3n) is 2.51. The molecule has 0 fully saturated rings. The largest absolute Gasteiger partial charge is 0.384 e. The van der Waals surface area contributed by atoms with Gasteiger partial charge in [-0.2, -0.15) is 0 Å². The van der Waals surface area contributed by atoms with E-state index in [1.807, 2.05) is 19.1 Å². The van der Waals surface area contributed by atoms with E-state index in [4.69, 9.17) is 0 Å². The molecule has 17 heavy (non-hydrogen) atoms. The van der Waals surface area contributed by atoms with Crippen LogP contribution in [0.3, 0.4) is 0 Å². The molecule has 88 valence electrons. The minimum Gasteiger partial charge on any atom is -0.384 e. The van der Waals surface area contributed by atoms with Gasteiger partial charge in [-0.15, -0.1) is 0 Å². The number of aliphatic hydroxyl groups is 1. The Morgan fingerprint density at radius 1 is 1.29 bits per heavy atom. The Bertz CT molecular complexity index is 527. The van der Waals surface area contributed by atoms with E-state index in [1.54, 1.807) is 12.3 Å². The van der Waals surface area contributed by atoms with Gasteiger partial charge in [-0.1, -0.05) is 28.1 Å². The van der Waals surface area contributed by atoms with Gasteiger partial charge in [-0.25, -0.2) is 4.39 Å². The maximum absolute atomic E-state index is 12.9. The van der Waals surface area contributed by atoms with Gasteiger partial charge in [-0.05, 0) is 30.7 Å². The van der Waals surface area contributed by atoms with Crippen molar-refractivity contribution < 1.29 is 9.50 Å². The van der Waals surface area contributed by atoms with E-state index < -0.39 is 6.10 Å². The van der Waals surface area contributed by atoms with Crippen LogP contribution in [0.15, 0.2) is 41.0 Å². The first-order valence-corrected chi connectivity index (χ1v) is 5.93. The Morgan fingerprint density at radius 3 is 2.65 bits per heavy atom. The number of nitrogens with zero attached hydrogens (tertiary/aromatic N) is 1. The molecular weight excluding hydrogens is 285 g/mol. The summed E-state index contributed by atoms with van der Waals surface area (Å²) in [5.74, 6) is -0.338. The Balaban J connectivity index is 2.36. The van der Waals surface area contributed by atoms with Crippen LogP contribution in [0.1, 0.15) is 22.9 Å². The Morgan fingerprint density at radius 2 is 2.06 bits per heavy atom. The SMILES string of the molecule is Cc1ccc(C(O)c2ccc(F)cc2Br)cn1. The highest BCUT2D eigenvalue weighted by Gasteiger charge is 2.14. The number of hydrogen-bond acceptors (Lipinski definition) is 2. The molecule has 0 saturated heterocycles. The van der Waals surface area contributed by atoms with E-state index in [2.05, 4.69) is 20.9 Å². The summed E-state index contributed by atoms with van der Waals surface area (Å²) >= 11 is 3.24. The minimum atomic E-state index is -0.807. The van der Waals surface area contributed by atoms with Crippen LogP contribution < -0.4 is 0 Å². The lowest BCUT2D eigenvalue weighted by Crippen LogP contribution is -2.01. The minimum absolute atomic E-state index is 0.338. The fourth-order valence-corrected chi connectivity index (χ4v) is 2.11. The van der Waals surface area contributed by atoms with Crippen LogP contribution >= 0.6 is 15.9 Å². The molecule has 0 saturated carbocycles. The first-order chi connectivity index (χ1) is 8.08. The van der Waals surface area contributed by atoms with Crippen LogP contribution in [0, 0.1) is 12.7 Å². The average Bonchev–Trinajstić information content (AvgIpc) is 2.29. The Hall–Kier alpha value is -1.26. The lowest BCUT2D eigenvalue weighted by Gasteiger charge is -2.13. The molecule has 1 unspecified atom stereocenters. The van der Waals surface area contributed by atoms with Gasteiger partial charge in [-0.3, -0.25) is 4.98 Å². The van der Waals surface area contributed by atoms with Crippen LogP contribution in [0.2, 0.25) is 0 Å². The highest BCUT2D eigenvalue weighted by Crippen LogP contribution is 2.28. The topological polar surface area (TPSA) is 33.1 Å². The molecule has 0 bridgehead atoms. The van der Waals surface area contributed by atoms with Gasteiger partial charge in [0.25, 0.3) is 0 Å². The zero-order valence-electron chi connectivity index (χ0n) is 9.19. The lowest BCUT2D eigenvalue weighted by molar-refractivity contribution is 0.219. The Kier molecular flexibility index (Phi) is 3.54. The summed E-state index contributed by atoms with van der Waals surface area (Å²) < 4.78 is 13.5. The van der Waals surface area contributed by atoms with E-state index in [1.165, 1.54) is 12.1 Å². The summed E-state index contributed by atoms with van der Waals surface area (Å²) in [7, 11) is 0. The van der Waals surface area contributed by atoms with Gasteiger partial charge in [0.1, 0.15) is 11.9 Å². The van der Waals surface area contributed by atoms with Gasteiger partial charge in [0.15, 0.2) is 0 Å². The van der Waals surface area contributed by atoms with Crippen molar-refractivity contribution in [2.45, 2.75) is 13.0 Å². The summed E-state index contributed by atoms with van der Waals surface area (Å²) in [4.78, 5) is 4.12. The van der Waals surface area contributed by atoms with Crippen molar-refractivity contribution in [2.75, 3.05) is 0 Å². The fourth-order valence-electron chi connectivity index (χ4n) is 1.54. The molecule has 2 rings (SSSR count). The summed E-state index contributed by atoms with van der Waals surface area (Å²) in [6, 6.07) is 7.85. The molecule has 0 aliphatic rings. The molecule has 2 aromatic rings. The molecule has 2 nitrogen and oxygen atoms in total. The zero-order chi connectivity index (χ0) is 12.4. The number of halogens is 2. The lowest BCUT2D eigenvalue weighted by atomic mass is 10.0. The van der Waals surface area contributed by atoms with Crippen LogP contribution in [0.5, 0.6) is 0 Å². The number of aliphatic hydroxyl groups excluding tert-OH is 1. The first kappa shape index (κ1) is 12.2. The predicted molar refractivity (Wildman–Crippen MR) is 67.1 cm³/mol. The number of hydrogen-bond donors (Lipinski definition) is 1. The van der Waals surface area contributed by atoms with E-state index in [0.29, 0.717) is 15.6 Å². The monoisotopic (exact) mass is 295 g/mol. The molecule has 1 aromatic heterocycles.